The first kappa shape index (κ1) is 13.7. The third-order valence-corrected chi connectivity index (χ3v) is 5.49. The van der Waals surface area contributed by atoms with Gasteiger partial charge in [-0.15, -0.1) is 0 Å². The summed E-state index contributed by atoms with van der Waals surface area (Å²) < 4.78 is 0. The molecule has 1 saturated heterocycles. The highest BCUT2D eigenvalue weighted by Crippen LogP contribution is 2.36. The van der Waals surface area contributed by atoms with Crippen LogP contribution in [0, 0.1) is 0 Å². The van der Waals surface area contributed by atoms with Crippen LogP contribution in [0.15, 0.2) is 54.6 Å². The molecule has 1 aliphatic rings. The van der Waals surface area contributed by atoms with Crippen molar-refractivity contribution in [2.24, 2.45) is 0 Å². The molecule has 2 aromatic carbocycles. The van der Waals surface area contributed by atoms with Crippen LogP contribution in [0.25, 0.3) is 11.1 Å². The van der Waals surface area contributed by atoms with Crippen LogP contribution >= 0.6 is 11.8 Å². The molecule has 2 unspecified atom stereocenters. The first-order chi connectivity index (χ1) is 9.88. The summed E-state index contributed by atoms with van der Waals surface area (Å²) in [7, 11) is 2.08. The third kappa shape index (κ3) is 2.92. The zero-order valence-electron chi connectivity index (χ0n) is 11.9. The van der Waals surface area contributed by atoms with Gasteiger partial charge in [0.2, 0.25) is 0 Å². The van der Waals surface area contributed by atoms with E-state index in [1.54, 1.807) is 0 Å². The first-order valence-electron chi connectivity index (χ1n) is 7.33. The molecule has 0 radical (unpaired) electrons. The third-order valence-electron chi connectivity index (χ3n) is 4.02. The van der Waals surface area contributed by atoms with E-state index < -0.39 is 0 Å². The summed E-state index contributed by atoms with van der Waals surface area (Å²) >= 11 is 2.11. The lowest BCUT2D eigenvalue weighted by Gasteiger charge is -2.23. The van der Waals surface area contributed by atoms with Gasteiger partial charge in [0.05, 0.1) is 0 Å². The minimum Gasteiger partial charge on any atom is -0.312 e. The highest BCUT2D eigenvalue weighted by molar-refractivity contribution is 8.00. The standard InChI is InChI=1S/C18H21NS/c1-19-18(17-8-5-13-20-17)16-11-9-15(10-12-16)14-6-3-2-4-7-14/h2-4,6-7,9-12,17-19H,5,8,13H2,1H3. The second-order valence-electron chi connectivity index (χ2n) is 5.31. The molecule has 2 aromatic rings. The van der Waals surface area contributed by atoms with Crippen LogP contribution in [0.2, 0.25) is 0 Å². The fourth-order valence-electron chi connectivity index (χ4n) is 2.95. The van der Waals surface area contributed by atoms with E-state index in [9.17, 15) is 0 Å². The van der Waals surface area contributed by atoms with Gasteiger partial charge in [-0.2, -0.15) is 11.8 Å². The molecule has 2 atom stereocenters. The number of hydrogen-bond acceptors (Lipinski definition) is 2. The highest BCUT2D eigenvalue weighted by Gasteiger charge is 2.25. The van der Waals surface area contributed by atoms with Crippen LogP contribution in [-0.4, -0.2) is 18.1 Å². The summed E-state index contributed by atoms with van der Waals surface area (Å²) in [6.45, 7) is 0. The zero-order valence-corrected chi connectivity index (χ0v) is 12.7. The molecule has 0 saturated carbocycles. The molecule has 1 nitrogen and oxygen atoms in total. The van der Waals surface area contributed by atoms with Gasteiger partial charge in [-0.3, -0.25) is 0 Å². The Morgan fingerprint density at radius 1 is 1.00 bits per heavy atom. The average Bonchev–Trinajstić information content (AvgIpc) is 3.04. The molecule has 0 aliphatic carbocycles. The number of benzene rings is 2. The van der Waals surface area contributed by atoms with Gasteiger partial charge in [-0.1, -0.05) is 54.6 Å². The molecule has 1 heterocycles. The SMILES string of the molecule is CNC(c1ccc(-c2ccccc2)cc1)C1CCCS1. The molecule has 1 aliphatic heterocycles. The van der Waals surface area contributed by atoms with Crippen molar-refractivity contribution >= 4 is 11.8 Å². The average molecular weight is 283 g/mol. The Morgan fingerprint density at radius 2 is 1.70 bits per heavy atom. The normalized spacial score (nSPS) is 19.9. The molecule has 0 spiro atoms. The molecule has 0 aromatic heterocycles. The molecule has 3 rings (SSSR count). The van der Waals surface area contributed by atoms with Gasteiger partial charge in [-0.25, -0.2) is 0 Å². The Labute approximate surface area is 125 Å². The zero-order chi connectivity index (χ0) is 13.8. The lowest BCUT2D eigenvalue weighted by molar-refractivity contribution is 0.552. The molecule has 1 fully saturated rings. The first-order valence-corrected chi connectivity index (χ1v) is 8.37. The van der Waals surface area contributed by atoms with Gasteiger partial charge < -0.3 is 5.32 Å². The number of hydrogen-bond donors (Lipinski definition) is 1. The highest BCUT2D eigenvalue weighted by atomic mass is 32.2. The minimum atomic E-state index is 0.479. The van der Waals surface area contributed by atoms with Crippen molar-refractivity contribution < 1.29 is 0 Å². The maximum atomic E-state index is 3.50. The van der Waals surface area contributed by atoms with E-state index in [0.717, 1.165) is 5.25 Å². The lowest BCUT2D eigenvalue weighted by atomic mass is 9.97. The fraction of sp³-hybridized carbons (Fsp3) is 0.333. The van der Waals surface area contributed by atoms with Gasteiger partial charge >= 0.3 is 0 Å². The van der Waals surface area contributed by atoms with Crippen LogP contribution in [0.1, 0.15) is 24.4 Å². The Hall–Kier alpha value is -1.25. The van der Waals surface area contributed by atoms with Crippen LogP contribution < -0.4 is 5.32 Å². The second kappa shape index (κ2) is 6.47. The smallest absolute Gasteiger partial charge is 0.0438 e. The predicted molar refractivity (Wildman–Crippen MR) is 89.2 cm³/mol. The van der Waals surface area contributed by atoms with E-state index >= 15 is 0 Å². The Morgan fingerprint density at radius 3 is 2.30 bits per heavy atom. The molecule has 2 heteroatoms. The predicted octanol–water partition coefficient (Wildman–Crippen LogP) is 4.51. The Balaban J connectivity index is 1.81. The maximum Gasteiger partial charge on any atom is 0.0438 e. The summed E-state index contributed by atoms with van der Waals surface area (Å²) in [6, 6.07) is 20.1. The molecular formula is C18H21NS. The molecule has 1 N–H and O–H groups in total. The van der Waals surface area contributed by atoms with Crippen molar-refractivity contribution in [2.45, 2.75) is 24.1 Å². The van der Waals surface area contributed by atoms with Crippen molar-refractivity contribution in [1.29, 1.82) is 0 Å². The van der Waals surface area contributed by atoms with E-state index in [1.807, 2.05) is 0 Å². The summed E-state index contributed by atoms with van der Waals surface area (Å²) in [5, 5.41) is 4.22. The van der Waals surface area contributed by atoms with Gasteiger partial charge in [0.25, 0.3) is 0 Å². The molecule has 20 heavy (non-hydrogen) atoms. The van der Waals surface area contributed by atoms with Gasteiger partial charge in [0.1, 0.15) is 0 Å². The molecular weight excluding hydrogens is 262 g/mol. The molecule has 0 bridgehead atoms. The quantitative estimate of drug-likeness (QED) is 0.886. The summed E-state index contributed by atoms with van der Waals surface area (Å²) in [4.78, 5) is 0. The Bertz CT molecular complexity index is 529. The topological polar surface area (TPSA) is 12.0 Å². The second-order valence-corrected chi connectivity index (χ2v) is 6.65. The van der Waals surface area contributed by atoms with Crippen molar-refractivity contribution in [3.05, 3.63) is 60.2 Å². The van der Waals surface area contributed by atoms with E-state index in [0.29, 0.717) is 6.04 Å². The van der Waals surface area contributed by atoms with Crippen LogP contribution in [0.5, 0.6) is 0 Å². The van der Waals surface area contributed by atoms with Gasteiger partial charge in [-0.05, 0) is 42.3 Å². The largest absolute Gasteiger partial charge is 0.312 e. The van der Waals surface area contributed by atoms with E-state index in [-0.39, 0.29) is 0 Å². The summed E-state index contributed by atoms with van der Waals surface area (Å²) in [5.74, 6) is 1.31. The van der Waals surface area contributed by atoms with E-state index in [2.05, 4.69) is 78.7 Å². The van der Waals surface area contributed by atoms with E-state index in [4.69, 9.17) is 0 Å². The maximum absolute atomic E-state index is 3.50. The monoisotopic (exact) mass is 283 g/mol. The van der Waals surface area contributed by atoms with Crippen LogP contribution in [0.3, 0.4) is 0 Å². The van der Waals surface area contributed by atoms with Crippen molar-refractivity contribution in [3.63, 3.8) is 0 Å². The Kier molecular flexibility index (Phi) is 4.44. The van der Waals surface area contributed by atoms with Gasteiger partial charge in [0, 0.05) is 11.3 Å². The summed E-state index contributed by atoms with van der Waals surface area (Å²) in [6.07, 6.45) is 2.69. The number of thioether (sulfide) groups is 1. The van der Waals surface area contributed by atoms with Crippen molar-refractivity contribution in [3.8, 4) is 11.1 Å². The number of nitrogens with one attached hydrogen (secondary N) is 1. The minimum absolute atomic E-state index is 0.479. The summed E-state index contributed by atoms with van der Waals surface area (Å²) in [5.41, 5.74) is 3.99. The van der Waals surface area contributed by atoms with Crippen LogP contribution in [-0.2, 0) is 0 Å². The van der Waals surface area contributed by atoms with Crippen molar-refractivity contribution in [2.75, 3.05) is 12.8 Å². The van der Waals surface area contributed by atoms with Crippen LogP contribution in [0.4, 0.5) is 0 Å². The molecule has 104 valence electrons. The lowest BCUT2D eigenvalue weighted by Crippen LogP contribution is -2.25. The fourth-order valence-corrected chi connectivity index (χ4v) is 4.40. The van der Waals surface area contributed by atoms with Gasteiger partial charge in [0.15, 0.2) is 0 Å². The number of rotatable bonds is 4. The van der Waals surface area contributed by atoms with E-state index in [1.165, 1.54) is 35.3 Å². The molecule has 0 amide bonds. The van der Waals surface area contributed by atoms with Crippen molar-refractivity contribution in [1.82, 2.24) is 5.32 Å².